The first-order valence-electron chi connectivity index (χ1n) is 9.79. The van der Waals surface area contributed by atoms with E-state index in [0.29, 0.717) is 0 Å². The Morgan fingerprint density at radius 3 is 2.39 bits per heavy atom. The van der Waals surface area contributed by atoms with Crippen LogP contribution >= 0.6 is 15.9 Å². The second-order valence-electron chi connectivity index (χ2n) is 8.16. The maximum atomic E-state index is 12.1. The van der Waals surface area contributed by atoms with Crippen LogP contribution in [0.25, 0.3) is 11.1 Å². The zero-order valence-corrected chi connectivity index (χ0v) is 18.5. The molecule has 1 fully saturated rings. The predicted octanol–water partition coefficient (Wildman–Crippen LogP) is 4.26. The van der Waals surface area contributed by atoms with Gasteiger partial charge in [-0.3, -0.25) is 9.58 Å². The van der Waals surface area contributed by atoms with Crippen LogP contribution in [-0.4, -0.2) is 64.0 Å². The number of aryl methyl sites for hydroxylation is 1. The summed E-state index contributed by atoms with van der Waals surface area (Å²) in [6.07, 6.45) is 4.85. The third-order valence-electron chi connectivity index (χ3n) is 4.70. The number of ether oxygens (including phenoxy) is 1. The lowest BCUT2D eigenvalue weighted by molar-refractivity contribution is 0.0143. The van der Waals surface area contributed by atoms with Crippen LogP contribution in [0.3, 0.4) is 0 Å². The summed E-state index contributed by atoms with van der Waals surface area (Å²) in [5.41, 5.74) is 1.87. The lowest BCUT2D eigenvalue weighted by atomic mass is 10.1. The van der Waals surface area contributed by atoms with Crippen LogP contribution in [0.5, 0.6) is 0 Å². The van der Waals surface area contributed by atoms with Gasteiger partial charge in [-0.1, -0.05) is 28.1 Å². The van der Waals surface area contributed by atoms with Gasteiger partial charge < -0.3 is 9.64 Å². The van der Waals surface area contributed by atoms with Gasteiger partial charge in [-0.05, 0) is 44.9 Å². The maximum Gasteiger partial charge on any atom is 0.410 e. The molecular weight excluding hydrogens is 420 g/mol. The predicted molar refractivity (Wildman–Crippen MR) is 114 cm³/mol. The molecule has 1 saturated heterocycles. The fourth-order valence-electron chi connectivity index (χ4n) is 3.21. The van der Waals surface area contributed by atoms with Crippen molar-refractivity contribution in [3.63, 3.8) is 0 Å². The van der Waals surface area contributed by atoms with Crippen molar-refractivity contribution in [3.05, 3.63) is 41.1 Å². The molecule has 6 nitrogen and oxygen atoms in total. The summed E-state index contributed by atoms with van der Waals surface area (Å²) in [5.74, 6) is 0. The Kier molecular flexibility index (Phi) is 6.78. The van der Waals surface area contributed by atoms with Crippen LogP contribution in [0, 0.1) is 0 Å². The minimum absolute atomic E-state index is 0.204. The molecule has 1 aliphatic rings. The summed E-state index contributed by atoms with van der Waals surface area (Å²) in [6, 6.07) is 8.28. The Morgan fingerprint density at radius 1 is 1.07 bits per heavy atom. The van der Waals surface area contributed by atoms with Crippen LogP contribution in [0.1, 0.15) is 27.2 Å². The van der Waals surface area contributed by atoms with Crippen molar-refractivity contribution in [1.82, 2.24) is 19.6 Å². The van der Waals surface area contributed by atoms with Gasteiger partial charge >= 0.3 is 6.09 Å². The first-order valence-corrected chi connectivity index (χ1v) is 10.6. The lowest BCUT2D eigenvalue weighted by Gasteiger charge is -2.35. The Labute approximate surface area is 175 Å². The summed E-state index contributed by atoms with van der Waals surface area (Å²) in [5, 5.41) is 4.48. The molecule has 0 spiro atoms. The summed E-state index contributed by atoms with van der Waals surface area (Å²) < 4.78 is 8.54. The zero-order valence-electron chi connectivity index (χ0n) is 16.9. The highest BCUT2D eigenvalue weighted by Crippen LogP contribution is 2.21. The molecule has 0 radical (unpaired) electrons. The molecule has 2 aromatic rings. The van der Waals surface area contributed by atoms with E-state index in [9.17, 15) is 4.79 Å². The Balaban J connectivity index is 1.39. The van der Waals surface area contributed by atoms with E-state index in [1.54, 1.807) is 4.90 Å². The number of halogens is 1. The number of hydrogen-bond donors (Lipinski definition) is 0. The Morgan fingerprint density at radius 2 is 1.75 bits per heavy atom. The minimum atomic E-state index is -0.437. The number of piperazine rings is 1. The van der Waals surface area contributed by atoms with Crippen molar-refractivity contribution in [3.8, 4) is 11.1 Å². The average Bonchev–Trinajstić information content (AvgIpc) is 3.10. The largest absolute Gasteiger partial charge is 0.444 e. The van der Waals surface area contributed by atoms with Crippen molar-refractivity contribution >= 4 is 22.0 Å². The van der Waals surface area contributed by atoms with E-state index >= 15 is 0 Å². The van der Waals surface area contributed by atoms with Crippen LogP contribution in [0.2, 0.25) is 0 Å². The van der Waals surface area contributed by atoms with E-state index in [0.717, 1.165) is 55.7 Å². The first kappa shape index (κ1) is 20.9. The van der Waals surface area contributed by atoms with Crippen LogP contribution < -0.4 is 0 Å². The number of aromatic nitrogens is 2. The highest BCUT2D eigenvalue weighted by atomic mass is 79.9. The third kappa shape index (κ3) is 6.07. The van der Waals surface area contributed by atoms with Crippen molar-refractivity contribution in [2.75, 3.05) is 32.7 Å². The van der Waals surface area contributed by atoms with Gasteiger partial charge in [0.25, 0.3) is 0 Å². The molecule has 0 saturated carbocycles. The fraction of sp³-hybridized carbons (Fsp3) is 0.524. The molecule has 3 rings (SSSR count). The smallest absolute Gasteiger partial charge is 0.410 e. The second kappa shape index (κ2) is 9.09. The highest BCUT2D eigenvalue weighted by molar-refractivity contribution is 9.10. The zero-order chi connectivity index (χ0) is 20.1. The van der Waals surface area contributed by atoms with E-state index in [1.807, 2.05) is 43.8 Å². The molecule has 1 aromatic carbocycles. The molecule has 1 aliphatic heterocycles. The van der Waals surface area contributed by atoms with Crippen molar-refractivity contribution in [2.45, 2.75) is 39.3 Å². The minimum Gasteiger partial charge on any atom is -0.444 e. The molecule has 0 atom stereocenters. The maximum absolute atomic E-state index is 12.1. The highest BCUT2D eigenvalue weighted by Gasteiger charge is 2.25. The number of hydrogen-bond acceptors (Lipinski definition) is 4. The van der Waals surface area contributed by atoms with Crippen molar-refractivity contribution in [2.24, 2.45) is 0 Å². The van der Waals surface area contributed by atoms with E-state index in [4.69, 9.17) is 4.74 Å². The topological polar surface area (TPSA) is 50.6 Å². The normalized spacial score (nSPS) is 15.6. The number of carbonyl (C=O) groups is 1. The van der Waals surface area contributed by atoms with Gasteiger partial charge in [-0.2, -0.15) is 5.10 Å². The quantitative estimate of drug-likeness (QED) is 0.685. The molecule has 2 heterocycles. The first-order chi connectivity index (χ1) is 13.3. The molecule has 0 N–H and O–H groups in total. The van der Waals surface area contributed by atoms with Crippen LogP contribution in [-0.2, 0) is 11.3 Å². The Hall–Kier alpha value is -1.86. The second-order valence-corrected chi connectivity index (χ2v) is 9.08. The third-order valence-corrected chi connectivity index (χ3v) is 5.23. The number of amides is 1. The summed E-state index contributed by atoms with van der Waals surface area (Å²) >= 11 is 3.47. The molecule has 1 aromatic heterocycles. The summed E-state index contributed by atoms with van der Waals surface area (Å²) in [6.45, 7) is 10.8. The number of carbonyl (C=O) groups excluding carboxylic acids is 1. The molecular formula is C21H29BrN4O2. The van der Waals surface area contributed by atoms with Gasteiger partial charge in [0.2, 0.25) is 0 Å². The van der Waals surface area contributed by atoms with Gasteiger partial charge in [-0.25, -0.2) is 4.79 Å². The fourth-order valence-corrected chi connectivity index (χ4v) is 3.48. The van der Waals surface area contributed by atoms with Gasteiger partial charge in [0, 0.05) is 55.5 Å². The van der Waals surface area contributed by atoms with Gasteiger partial charge in [0.05, 0.1) is 6.20 Å². The standard InChI is InChI=1S/C21H29BrN4O2/c1-21(2,3)28-20(27)25-13-11-24(12-14-25)9-4-10-26-16-18(15-23-26)17-5-7-19(22)8-6-17/h5-8,15-16H,4,9-14H2,1-3H3. The van der Waals surface area contributed by atoms with E-state index in [2.05, 4.69) is 44.3 Å². The molecule has 152 valence electrons. The van der Waals surface area contributed by atoms with E-state index in [-0.39, 0.29) is 6.09 Å². The monoisotopic (exact) mass is 448 g/mol. The van der Waals surface area contributed by atoms with E-state index in [1.165, 1.54) is 5.56 Å². The molecule has 7 heteroatoms. The summed E-state index contributed by atoms with van der Waals surface area (Å²) in [7, 11) is 0. The molecule has 1 amide bonds. The number of nitrogens with zero attached hydrogens (tertiary/aromatic N) is 4. The SMILES string of the molecule is CC(C)(C)OC(=O)N1CCN(CCCn2cc(-c3ccc(Br)cc3)cn2)CC1. The Bertz CT molecular complexity index is 774. The van der Waals surface area contributed by atoms with Crippen molar-refractivity contribution in [1.29, 1.82) is 0 Å². The number of rotatable bonds is 5. The summed E-state index contributed by atoms with van der Waals surface area (Å²) in [4.78, 5) is 16.3. The van der Waals surface area contributed by atoms with Gasteiger partial charge in [-0.15, -0.1) is 0 Å². The van der Waals surface area contributed by atoms with Gasteiger partial charge in [0.15, 0.2) is 0 Å². The number of benzene rings is 1. The average molecular weight is 449 g/mol. The van der Waals surface area contributed by atoms with Crippen LogP contribution in [0.15, 0.2) is 41.1 Å². The van der Waals surface area contributed by atoms with E-state index < -0.39 is 5.60 Å². The molecule has 0 aliphatic carbocycles. The van der Waals surface area contributed by atoms with Gasteiger partial charge in [0.1, 0.15) is 5.60 Å². The lowest BCUT2D eigenvalue weighted by Crippen LogP contribution is -2.50. The van der Waals surface area contributed by atoms with Crippen molar-refractivity contribution < 1.29 is 9.53 Å². The van der Waals surface area contributed by atoms with Crippen LogP contribution in [0.4, 0.5) is 4.79 Å². The molecule has 0 bridgehead atoms. The molecule has 0 unspecified atom stereocenters. The molecule has 28 heavy (non-hydrogen) atoms.